The largest absolute Gasteiger partial charge is 0.493 e. The molecule has 1 aliphatic heterocycles. The van der Waals surface area contributed by atoms with E-state index in [0.717, 1.165) is 23.3 Å². The summed E-state index contributed by atoms with van der Waals surface area (Å²) in [6.45, 7) is 12.3. The second kappa shape index (κ2) is 8.40. The van der Waals surface area contributed by atoms with Crippen LogP contribution in [0.4, 0.5) is 0 Å². The lowest BCUT2D eigenvalue weighted by Gasteiger charge is -2.43. The van der Waals surface area contributed by atoms with Gasteiger partial charge in [-0.2, -0.15) is 0 Å². The molecule has 1 N–H and O–H groups in total. The minimum Gasteiger partial charge on any atom is -0.493 e. The predicted molar refractivity (Wildman–Crippen MR) is 117 cm³/mol. The molecule has 2 aromatic rings. The highest BCUT2D eigenvalue weighted by Gasteiger charge is 2.43. The molecule has 0 aliphatic carbocycles. The van der Waals surface area contributed by atoms with Crippen molar-refractivity contribution in [1.82, 2.24) is 0 Å². The minimum absolute atomic E-state index is 0.0352. The molecule has 0 fully saturated rings. The second-order valence-corrected chi connectivity index (χ2v) is 14.2. The molecule has 1 aliphatic rings. The Hall–Kier alpha value is -1.62. The van der Waals surface area contributed by atoms with Crippen LogP contribution in [0, 0.1) is 5.92 Å². The van der Waals surface area contributed by atoms with E-state index in [4.69, 9.17) is 9.16 Å². The van der Waals surface area contributed by atoms with Gasteiger partial charge in [0.1, 0.15) is 5.75 Å². The lowest BCUT2D eigenvalue weighted by Crippen LogP contribution is -2.45. The Kier molecular flexibility index (Phi) is 6.33. The average Bonchev–Trinajstić information content (AvgIpc) is 2.63. The number of fused-ring (bicyclic) bond motifs is 1. The van der Waals surface area contributed by atoms with Crippen molar-refractivity contribution in [3.05, 3.63) is 65.2 Å². The Morgan fingerprint density at radius 2 is 1.79 bits per heavy atom. The number of ether oxygens (including phenoxy) is 1. The normalized spacial score (nSPS) is 19.8. The maximum absolute atomic E-state index is 9.26. The summed E-state index contributed by atoms with van der Waals surface area (Å²) in [4.78, 5) is 0. The van der Waals surface area contributed by atoms with E-state index >= 15 is 0 Å². The van der Waals surface area contributed by atoms with Crippen LogP contribution in [-0.4, -0.2) is 26.6 Å². The van der Waals surface area contributed by atoms with Gasteiger partial charge in [-0.15, -0.1) is 0 Å². The van der Waals surface area contributed by atoms with Crippen molar-refractivity contribution in [2.75, 3.05) is 13.2 Å². The van der Waals surface area contributed by atoms with E-state index in [0.29, 0.717) is 13.0 Å². The van der Waals surface area contributed by atoms with Gasteiger partial charge in [0.2, 0.25) is 0 Å². The smallest absolute Gasteiger partial charge is 0.192 e. The molecule has 0 saturated heterocycles. The average molecular weight is 399 g/mol. The molecule has 152 valence electrons. The molecule has 0 radical (unpaired) electrons. The number of benzene rings is 2. The second-order valence-electron chi connectivity index (χ2n) is 9.41. The van der Waals surface area contributed by atoms with E-state index in [1.54, 1.807) is 0 Å². The van der Waals surface area contributed by atoms with Crippen molar-refractivity contribution < 1.29 is 14.3 Å². The number of hydrogen-bond acceptors (Lipinski definition) is 3. The van der Waals surface area contributed by atoms with Crippen molar-refractivity contribution in [3.8, 4) is 5.75 Å². The third-order valence-corrected chi connectivity index (χ3v) is 10.7. The van der Waals surface area contributed by atoms with Crippen molar-refractivity contribution in [2.24, 2.45) is 5.92 Å². The first kappa shape index (κ1) is 21.1. The van der Waals surface area contributed by atoms with Gasteiger partial charge in [-0.25, -0.2) is 0 Å². The van der Waals surface area contributed by atoms with E-state index < -0.39 is 8.32 Å². The van der Waals surface area contributed by atoms with Crippen LogP contribution in [0.1, 0.15) is 43.6 Å². The van der Waals surface area contributed by atoms with Crippen LogP contribution in [0.25, 0.3) is 0 Å². The van der Waals surface area contributed by atoms with Crippen LogP contribution >= 0.6 is 0 Å². The van der Waals surface area contributed by atoms with Gasteiger partial charge in [-0.1, -0.05) is 63.2 Å². The minimum atomic E-state index is -1.94. The molecule has 0 unspecified atom stereocenters. The summed E-state index contributed by atoms with van der Waals surface area (Å²) >= 11 is 0. The van der Waals surface area contributed by atoms with E-state index in [1.807, 2.05) is 0 Å². The molecule has 3 nitrogen and oxygen atoms in total. The first-order chi connectivity index (χ1) is 13.2. The summed E-state index contributed by atoms with van der Waals surface area (Å²) in [5, 5.41) is 9.42. The molecular formula is C24H34O3Si. The fourth-order valence-corrected chi connectivity index (χ4v) is 4.81. The molecule has 0 saturated carbocycles. The highest BCUT2D eigenvalue weighted by atomic mass is 28.4. The third kappa shape index (κ3) is 4.68. The van der Waals surface area contributed by atoms with E-state index in [2.05, 4.69) is 82.4 Å². The summed E-state index contributed by atoms with van der Waals surface area (Å²) in [7, 11) is -1.94. The maximum atomic E-state index is 9.26. The molecule has 0 aromatic heterocycles. The first-order valence-corrected chi connectivity index (χ1v) is 13.2. The SMILES string of the molecule is CC(C)(C)[Si](C)(C)O[C@H]1c2ccc(CCO)cc2OC[C@@H]1Cc1ccccc1. The molecule has 4 heteroatoms. The van der Waals surface area contributed by atoms with Crippen LogP contribution in [0.2, 0.25) is 18.1 Å². The lowest BCUT2D eigenvalue weighted by molar-refractivity contribution is 0.0589. The zero-order valence-electron chi connectivity index (χ0n) is 17.9. The fourth-order valence-electron chi connectivity index (χ4n) is 3.50. The van der Waals surface area contributed by atoms with Gasteiger partial charge < -0.3 is 14.3 Å². The van der Waals surface area contributed by atoms with Gasteiger partial charge in [0.05, 0.1) is 12.7 Å². The van der Waals surface area contributed by atoms with Crippen molar-refractivity contribution >= 4 is 8.32 Å². The molecule has 2 atom stereocenters. The van der Waals surface area contributed by atoms with Crippen LogP contribution in [0.15, 0.2) is 48.5 Å². The van der Waals surface area contributed by atoms with Crippen LogP contribution < -0.4 is 4.74 Å². The van der Waals surface area contributed by atoms with Gasteiger partial charge in [0, 0.05) is 18.1 Å². The molecule has 3 rings (SSSR count). The standard InChI is InChI=1S/C24H34O3Si/c1-24(2,3)28(4,5)27-23-20(15-18-9-7-6-8-10-18)17-26-22-16-19(13-14-25)11-12-21(22)23/h6-12,16,20,23,25H,13-15,17H2,1-5H3/t20-,23+/m0/s1. The number of aliphatic hydroxyl groups excluding tert-OH is 1. The topological polar surface area (TPSA) is 38.7 Å². The quantitative estimate of drug-likeness (QED) is 0.650. The summed E-state index contributed by atoms with van der Waals surface area (Å²) in [5.41, 5.74) is 3.58. The first-order valence-electron chi connectivity index (χ1n) is 10.3. The highest BCUT2D eigenvalue weighted by Crippen LogP contribution is 2.46. The summed E-state index contributed by atoms with van der Waals surface area (Å²) in [6.07, 6.45) is 1.63. The Bertz CT molecular complexity index is 780. The molecule has 28 heavy (non-hydrogen) atoms. The summed E-state index contributed by atoms with van der Waals surface area (Å²) in [6, 6.07) is 16.9. The van der Waals surface area contributed by atoms with Gasteiger partial charge in [0.25, 0.3) is 0 Å². The molecule has 1 heterocycles. The van der Waals surface area contributed by atoms with Gasteiger partial charge >= 0.3 is 0 Å². The Morgan fingerprint density at radius 3 is 2.43 bits per heavy atom. The number of rotatable bonds is 6. The number of aliphatic hydroxyl groups is 1. The van der Waals surface area contributed by atoms with E-state index in [9.17, 15) is 5.11 Å². The Balaban J connectivity index is 1.94. The predicted octanol–water partition coefficient (Wildman–Crippen LogP) is 5.54. The van der Waals surface area contributed by atoms with Gasteiger partial charge in [-0.05, 0) is 48.2 Å². The monoisotopic (exact) mass is 398 g/mol. The van der Waals surface area contributed by atoms with Gasteiger partial charge in [0.15, 0.2) is 8.32 Å². The third-order valence-electron chi connectivity index (χ3n) is 6.23. The highest BCUT2D eigenvalue weighted by molar-refractivity contribution is 6.74. The Morgan fingerprint density at radius 1 is 1.07 bits per heavy atom. The van der Waals surface area contributed by atoms with E-state index in [1.165, 1.54) is 5.56 Å². The van der Waals surface area contributed by atoms with Crippen molar-refractivity contribution in [3.63, 3.8) is 0 Å². The summed E-state index contributed by atoms with van der Waals surface area (Å²) in [5.74, 6) is 1.20. The van der Waals surface area contributed by atoms with Crippen molar-refractivity contribution in [1.29, 1.82) is 0 Å². The molecule has 0 amide bonds. The molecular weight excluding hydrogens is 364 g/mol. The molecule has 0 bridgehead atoms. The van der Waals surface area contributed by atoms with Crippen LogP contribution in [-0.2, 0) is 17.3 Å². The van der Waals surface area contributed by atoms with E-state index in [-0.39, 0.29) is 23.7 Å². The molecule has 0 spiro atoms. The Labute approximate surface area is 170 Å². The maximum Gasteiger partial charge on any atom is 0.192 e. The van der Waals surface area contributed by atoms with Gasteiger partial charge in [-0.3, -0.25) is 0 Å². The lowest BCUT2D eigenvalue weighted by atomic mass is 9.87. The zero-order valence-corrected chi connectivity index (χ0v) is 18.9. The van der Waals surface area contributed by atoms with Crippen LogP contribution in [0.3, 0.4) is 0 Å². The zero-order chi connectivity index (χ0) is 20.4. The molecule has 2 aromatic carbocycles. The summed E-state index contributed by atoms with van der Waals surface area (Å²) < 4.78 is 13.1. The van der Waals surface area contributed by atoms with Crippen molar-refractivity contribution in [2.45, 2.75) is 57.8 Å². The van der Waals surface area contributed by atoms with Crippen LogP contribution in [0.5, 0.6) is 5.75 Å². The fraction of sp³-hybridized carbons (Fsp3) is 0.500. The number of hydrogen-bond donors (Lipinski definition) is 1.